The average molecular weight is 952 g/mol. The maximum Gasteiger partial charge on any atom is 1.00 e. The first-order chi connectivity index (χ1) is 28.9. The number of rotatable bonds is 12. The van der Waals surface area contributed by atoms with Gasteiger partial charge in [0.1, 0.15) is 53.3 Å². The quantitative estimate of drug-likeness (QED) is 0.0613. The number of anilines is 4. The van der Waals surface area contributed by atoms with Gasteiger partial charge in [-0.1, -0.05) is 42.5 Å². The van der Waals surface area contributed by atoms with Crippen molar-refractivity contribution in [1.29, 1.82) is 0 Å². The average Bonchev–Trinajstić information content (AvgIpc) is 3.22. The minimum Gasteiger partial charge on any atom is -0.744 e. The van der Waals surface area contributed by atoms with Gasteiger partial charge in [-0.15, -0.1) is 0 Å². The van der Waals surface area contributed by atoms with Crippen molar-refractivity contribution in [3.63, 3.8) is 0 Å². The summed E-state index contributed by atoms with van der Waals surface area (Å²) in [6.07, 6.45) is 1.75. The van der Waals surface area contributed by atoms with Crippen molar-refractivity contribution in [3.05, 3.63) is 136 Å². The summed E-state index contributed by atoms with van der Waals surface area (Å²) in [4.78, 5) is 24.1. The summed E-state index contributed by atoms with van der Waals surface area (Å²) in [6.45, 7) is 0. The van der Waals surface area contributed by atoms with E-state index in [1.54, 1.807) is 36.4 Å². The number of carbonyl (C=O) groups excluding carboxylic acids is 2. The predicted octanol–water partition coefficient (Wildman–Crippen LogP) is -3.87. The number of allylic oxidation sites excluding steroid dienone is 2. The summed E-state index contributed by atoms with van der Waals surface area (Å²) in [5, 5.41) is 11.1. The number of Topliss-reactive ketones (excluding diaryl/α,β-unsaturated/α-hetero) is 2. The summed E-state index contributed by atoms with van der Waals surface area (Å²) >= 11 is 0. The zero-order chi connectivity index (χ0) is 43.9. The molecule has 3 N–H and O–H groups in total. The monoisotopic (exact) mass is 951 g/mol. The minimum absolute atomic E-state index is 0. The molecular weight excluding hydrogens is 924 g/mol. The molecule has 0 radical (unpaired) electrons. The molecule has 312 valence electrons. The SMILES string of the molecule is COc1cc(-c2ccc(NN=C3C(=O)c4ccc(Nc5ccccc5)cc4C=C3S(=O)(=O)[O-])c(OC)c2)ccc1NN=C1C=C(S(=O)(=O)[O-])c2cccc(S(=O)(=O)[O-])c2C1=O.[Na+].[Na+].[Na+]. The molecule has 5 aromatic carbocycles. The van der Waals surface area contributed by atoms with E-state index in [0.717, 1.165) is 30.0 Å². The standard InChI is InChI=1S/C40H31N5O13S3.3Na/c1-57-32-18-22(11-15-29(32)42-44-31-21-35(60(51,52)53)28-9-6-10-34(59(48,49)50)37(28)40(31)47)23-12-16-30(33(19-23)58-2)43-45-38-36(61(54,55)56)20-24-17-26(13-14-27(24)39(38)46)41-25-7-4-3-5-8-25;;;/h3-21,41-43H,1-2H3,(H,48,49,50)(H,51,52,53)(H,54,55,56);;;/q;3*+1/p-3. The number of hydrazone groups is 2. The number of nitrogens with zero attached hydrogens (tertiary/aromatic N) is 2. The second kappa shape index (κ2) is 21.1. The number of para-hydroxylation sites is 1. The molecule has 0 saturated heterocycles. The molecule has 0 atom stereocenters. The van der Waals surface area contributed by atoms with E-state index >= 15 is 0 Å². The van der Waals surface area contributed by atoms with Crippen LogP contribution in [0.25, 0.3) is 22.1 Å². The first-order valence-electron chi connectivity index (χ1n) is 17.4. The fraction of sp³-hybridized carbons (Fsp3) is 0.0500. The summed E-state index contributed by atoms with van der Waals surface area (Å²) in [5.74, 6) is -1.64. The van der Waals surface area contributed by atoms with Gasteiger partial charge in [0.2, 0.25) is 11.6 Å². The van der Waals surface area contributed by atoms with Crippen LogP contribution in [0.3, 0.4) is 0 Å². The van der Waals surface area contributed by atoms with Crippen molar-refractivity contribution >= 4 is 87.1 Å². The number of hydrogen-bond donors (Lipinski definition) is 3. The van der Waals surface area contributed by atoms with E-state index in [0.29, 0.717) is 22.9 Å². The van der Waals surface area contributed by atoms with E-state index in [9.17, 15) is 48.5 Å². The number of hydrogen-bond acceptors (Lipinski definition) is 18. The maximum absolute atomic E-state index is 13.6. The van der Waals surface area contributed by atoms with E-state index in [1.807, 2.05) is 30.3 Å². The molecule has 0 unspecified atom stereocenters. The van der Waals surface area contributed by atoms with Crippen molar-refractivity contribution in [3.8, 4) is 22.6 Å². The Kier molecular flexibility index (Phi) is 17.3. The van der Waals surface area contributed by atoms with Gasteiger partial charge in [0.15, 0.2) is 0 Å². The molecule has 24 heteroatoms. The van der Waals surface area contributed by atoms with Crippen molar-refractivity contribution in [2.24, 2.45) is 10.2 Å². The third-order valence-corrected chi connectivity index (χ3v) is 11.8. The van der Waals surface area contributed by atoms with Crippen LogP contribution >= 0.6 is 0 Å². The molecular formula is C40H28N5Na3O13S3. The number of fused-ring (bicyclic) bond motifs is 2. The van der Waals surface area contributed by atoms with E-state index in [-0.39, 0.29) is 123 Å². The second-order valence-corrected chi connectivity index (χ2v) is 17.1. The molecule has 5 aromatic rings. The first kappa shape index (κ1) is 52.6. The Morgan fingerprint density at radius 1 is 0.547 bits per heavy atom. The fourth-order valence-electron chi connectivity index (χ4n) is 6.43. The predicted molar refractivity (Wildman–Crippen MR) is 222 cm³/mol. The third kappa shape index (κ3) is 11.3. The summed E-state index contributed by atoms with van der Waals surface area (Å²) in [6, 6.07) is 25.9. The Morgan fingerprint density at radius 3 is 1.67 bits per heavy atom. The van der Waals surface area contributed by atoms with Gasteiger partial charge in [-0.25, -0.2) is 25.3 Å². The summed E-state index contributed by atoms with van der Waals surface area (Å²) in [5.41, 5.74) is 5.45. The Balaban J connectivity index is 0.00000299. The minimum atomic E-state index is -5.29. The van der Waals surface area contributed by atoms with Gasteiger partial charge in [0, 0.05) is 22.5 Å². The van der Waals surface area contributed by atoms with Gasteiger partial charge >= 0.3 is 88.7 Å². The van der Waals surface area contributed by atoms with Crippen LogP contribution in [0.1, 0.15) is 31.8 Å². The molecule has 0 heterocycles. The number of carbonyl (C=O) groups is 2. The number of nitrogens with one attached hydrogen (secondary N) is 3. The molecule has 0 bridgehead atoms. The molecule has 7 rings (SSSR count). The number of benzene rings is 5. The van der Waals surface area contributed by atoms with Crippen LogP contribution in [0.4, 0.5) is 22.7 Å². The Bertz CT molecular complexity index is 3160. The zero-order valence-electron chi connectivity index (χ0n) is 34.4. The van der Waals surface area contributed by atoms with Gasteiger partial charge in [-0.3, -0.25) is 20.4 Å². The van der Waals surface area contributed by atoms with E-state index in [2.05, 4.69) is 26.4 Å². The molecule has 0 spiro atoms. The van der Waals surface area contributed by atoms with Crippen molar-refractivity contribution < 1.29 is 147 Å². The van der Waals surface area contributed by atoms with Crippen molar-refractivity contribution in [2.75, 3.05) is 30.4 Å². The topological polar surface area (TPSA) is 285 Å². The molecule has 2 aliphatic carbocycles. The molecule has 2 aliphatic rings. The number of ketones is 2. The van der Waals surface area contributed by atoms with E-state index in [4.69, 9.17) is 9.47 Å². The molecule has 0 amide bonds. The first-order valence-corrected chi connectivity index (χ1v) is 21.6. The van der Waals surface area contributed by atoms with Crippen molar-refractivity contribution in [2.45, 2.75) is 4.90 Å². The zero-order valence-corrected chi connectivity index (χ0v) is 42.8. The maximum atomic E-state index is 13.6. The van der Waals surface area contributed by atoms with Gasteiger partial charge < -0.3 is 28.4 Å². The van der Waals surface area contributed by atoms with Crippen LogP contribution in [-0.4, -0.2) is 76.1 Å². The van der Waals surface area contributed by atoms with Crippen LogP contribution < -0.4 is 114 Å². The van der Waals surface area contributed by atoms with E-state index in [1.165, 1.54) is 32.4 Å². The Labute approximate surface area is 433 Å². The van der Waals surface area contributed by atoms with Crippen LogP contribution in [-0.2, 0) is 30.4 Å². The summed E-state index contributed by atoms with van der Waals surface area (Å²) in [7, 11) is -13.1. The summed E-state index contributed by atoms with van der Waals surface area (Å²) < 4.78 is 120. The second-order valence-electron chi connectivity index (χ2n) is 13.0. The molecule has 64 heavy (non-hydrogen) atoms. The van der Waals surface area contributed by atoms with Gasteiger partial charge in [-0.05, 0) is 89.5 Å². The van der Waals surface area contributed by atoms with Gasteiger partial charge in [0.25, 0.3) is 0 Å². The van der Waals surface area contributed by atoms with Crippen LogP contribution in [0, 0.1) is 0 Å². The van der Waals surface area contributed by atoms with Crippen molar-refractivity contribution in [1.82, 2.24) is 0 Å². The Hall–Kier alpha value is -4.01. The number of methoxy groups -OCH3 is 2. The van der Waals surface area contributed by atoms with Crippen LogP contribution in [0.2, 0.25) is 0 Å². The Morgan fingerprint density at radius 2 is 1.12 bits per heavy atom. The van der Waals surface area contributed by atoms with E-state index < -0.39 is 79.2 Å². The smallest absolute Gasteiger partial charge is 0.744 e. The normalized spacial score (nSPS) is 14.6. The van der Waals surface area contributed by atoms with Crippen LogP contribution in [0.15, 0.2) is 129 Å². The largest absolute Gasteiger partial charge is 1.00 e. The molecule has 0 saturated carbocycles. The number of ether oxygens (including phenoxy) is 2. The molecule has 18 nitrogen and oxygen atoms in total. The fourth-order valence-corrected chi connectivity index (χ4v) is 8.47. The molecule has 0 fully saturated rings. The van der Waals surface area contributed by atoms with Gasteiger partial charge in [0.05, 0.1) is 45.9 Å². The van der Waals surface area contributed by atoms with Crippen LogP contribution in [0.5, 0.6) is 11.5 Å². The molecule has 0 aromatic heterocycles. The third-order valence-electron chi connectivity index (χ3n) is 9.24. The van der Waals surface area contributed by atoms with Gasteiger partial charge in [-0.2, -0.15) is 10.2 Å². The molecule has 0 aliphatic heterocycles.